The molecule has 0 saturated heterocycles. The molecule has 0 fully saturated rings. The predicted molar refractivity (Wildman–Crippen MR) is 66.7 cm³/mol. The summed E-state index contributed by atoms with van der Waals surface area (Å²) in [5.74, 6) is 0.592. The minimum Gasteiger partial charge on any atom is -0.271 e. The Kier molecular flexibility index (Phi) is 4.19. The lowest BCUT2D eigenvalue weighted by Gasteiger charge is -2.28. The van der Waals surface area contributed by atoms with E-state index in [4.69, 9.17) is 0 Å². The maximum Gasteiger partial charge on any atom is 0.0632 e. The van der Waals surface area contributed by atoms with Gasteiger partial charge in [0, 0.05) is 18.1 Å². The van der Waals surface area contributed by atoms with Crippen LogP contribution in [0, 0.1) is 11.3 Å². The van der Waals surface area contributed by atoms with Gasteiger partial charge in [0.1, 0.15) is 0 Å². The van der Waals surface area contributed by atoms with Crippen molar-refractivity contribution in [3.8, 4) is 0 Å². The van der Waals surface area contributed by atoms with Crippen LogP contribution in [0.3, 0.4) is 0 Å². The first-order chi connectivity index (χ1) is 6.43. The first-order valence-corrected chi connectivity index (χ1v) is 6.59. The second kappa shape index (κ2) is 4.79. The molecule has 1 atom stereocenters. The normalized spacial score (nSPS) is 14.4. The Hall–Kier alpha value is 0.170. The molecule has 1 heterocycles. The molecule has 0 bridgehead atoms. The van der Waals surface area contributed by atoms with Crippen molar-refractivity contribution in [2.24, 2.45) is 11.3 Å². The fourth-order valence-corrected chi connectivity index (χ4v) is 2.72. The third-order valence-corrected chi connectivity index (χ3v) is 3.61. The molecule has 14 heavy (non-hydrogen) atoms. The summed E-state index contributed by atoms with van der Waals surface area (Å²) in [6.07, 6.45) is 3.84. The van der Waals surface area contributed by atoms with E-state index in [0.29, 0.717) is 11.3 Å². The first-order valence-electron chi connectivity index (χ1n) is 4.67. The number of nitrogens with zero attached hydrogens (tertiary/aromatic N) is 2. The minimum absolute atomic E-state index is 0.307. The van der Waals surface area contributed by atoms with Gasteiger partial charge in [0.15, 0.2) is 0 Å². The summed E-state index contributed by atoms with van der Waals surface area (Å²) in [5.41, 5.74) is 0.307. The average Bonchev–Trinajstić information content (AvgIpc) is 2.45. The van der Waals surface area contributed by atoms with Crippen molar-refractivity contribution in [2.75, 3.05) is 5.33 Å². The molecule has 2 nitrogen and oxygen atoms in total. The van der Waals surface area contributed by atoms with E-state index in [2.05, 4.69) is 57.7 Å². The summed E-state index contributed by atoms with van der Waals surface area (Å²) in [4.78, 5) is 0. The van der Waals surface area contributed by atoms with Gasteiger partial charge in [0.2, 0.25) is 0 Å². The number of halogens is 2. The highest BCUT2D eigenvalue weighted by Crippen LogP contribution is 2.28. The van der Waals surface area contributed by atoms with Crippen molar-refractivity contribution in [1.29, 1.82) is 0 Å². The molecule has 1 aromatic heterocycles. The third-order valence-electron chi connectivity index (χ3n) is 2.42. The minimum atomic E-state index is 0.307. The van der Waals surface area contributed by atoms with Crippen molar-refractivity contribution in [1.82, 2.24) is 9.78 Å². The summed E-state index contributed by atoms with van der Waals surface area (Å²) in [5, 5.41) is 5.27. The molecular weight excluding hydrogens is 308 g/mol. The van der Waals surface area contributed by atoms with Crippen molar-refractivity contribution in [3.05, 3.63) is 16.9 Å². The van der Waals surface area contributed by atoms with Gasteiger partial charge in [0.25, 0.3) is 0 Å². The van der Waals surface area contributed by atoms with Crippen molar-refractivity contribution in [2.45, 2.75) is 27.3 Å². The molecule has 0 aliphatic rings. The van der Waals surface area contributed by atoms with Crippen LogP contribution in [0.25, 0.3) is 0 Å². The first kappa shape index (κ1) is 12.2. The fraction of sp³-hybridized carbons (Fsp3) is 0.700. The molecule has 80 valence electrons. The molecule has 0 N–H and O–H groups in total. The Balaban J connectivity index is 2.66. The maximum atomic E-state index is 4.27. The highest BCUT2D eigenvalue weighted by Gasteiger charge is 2.23. The van der Waals surface area contributed by atoms with Gasteiger partial charge in [-0.15, -0.1) is 0 Å². The van der Waals surface area contributed by atoms with Gasteiger partial charge in [-0.25, -0.2) is 0 Å². The monoisotopic (exact) mass is 322 g/mol. The van der Waals surface area contributed by atoms with Crippen LogP contribution in [0.2, 0.25) is 0 Å². The molecule has 0 saturated carbocycles. The number of aromatic nitrogens is 2. The second-order valence-corrected chi connectivity index (χ2v) is 6.16. The van der Waals surface area contributed by atoms with Crippen LogP contribution in [0.5, 0.6) is 0 Å². The third kappa shape index (κ3) is 3.39. The smallest absolute Gasteiger partial charge is 0.0632 e. The lowest BCUT2D eigenvalue weighted by atomic mass is 9.82. The number of alkyl halides is 1. The molecule has 0 amide bonds. The van der Waals surface area contributed by atoms with Gasteiger partial charge >= 0.3 is 0 Å². The lowest BCUT2D eigenvalue weighted by molar-refractivity contribution is 0.232. The molecule has 0 aliphatic carbocycles. The molecule has 4 heteroatoms. The topological polar surface area (TPSA) is 17.8 Å². The quantitative estimate of drug-likeness (QED) is 0.775. The molecule has 0 spiro atoms. The second-order valence-electron chi connectivity index (χ2n) is 4.60. The molecule has 0 aliphatic heterocycles. The molecule has 1 unspecified atom stereocenters. The van der Waals surface area contributed by atoms with E-state index >= 15 is 0 Å². The predicted octanol–water partition coefficient (Wildman–Crippen LogP) is 3.70. The zero-order chi connectivity index (χ0) is 10.8. The average molecular weight is 324 g/mol. The van der Waals surface area contributed by atoms with Gasteiger partial charge in [-0.1, -0.05) is 36.7 Å². The lowest BCUT2D eigenvalue weighted by Crippen LogP contribution is -2.26. The highest BCUT2D eigenvalue weighted by molar-refractivity contribution is 9.10. The van der Waals surface area contributed by atoms with Gasteiger partial charge in [-0.3, -0.25) is 4.68 Å². The van der Waals surface area contributed by atoms with Crippen LogP contribution in [0.15, 0.2) is 16.9 Å². The summed E-state index contributed by atoms with van der Waals surface area (Å²) in [7, 11) is 0. The number of rotatable bonds is 3. The van der Waals surface area contributed by atoms with Gasteiger partial charge in [-0.2, -0.15) is 5.10 Å². The zero-order valence-electron chi connectivity index (χ0n) is 8.80. The summed E-state index contributed by atoms with van der Waals surface area (Å²) in [6, 6.07) is 0. The van der Waals surface area contributed by atoms with Crippen molar-refractivity contribution < 1.29 is 0 Å². The summed E-state index contributed by atoms with van der Waals surface area (Å²) >= 11 is 6.96. The van der Waals surface area contributed by atoms with Crippen LogP contribution < -0.4 is 0 Å². The van der Waals surface area contributed by atoms with Gasteiger partial charge in [0.05, 0.1) is 10.7 Å². The fourth-order valence-electron chi connectivity index (χ4n) is 1.22. The Bertz CT molecular complexity index is 289. The van der Waals surface area contributed by atoms with Gasteiger partial charge in [-0.05, 0) is 27.3 Å². The van der Waals surface area contributed by atoms with Gasteiger partial charge < -0.3 is 0 Å². The largest absolute Gasteiger partial charge is 0.271 e. The Morgan fingerprint density at radius 2 is 2.14 bits per heavy atom. The van der Waals surface area contributed by atoms with Crippen LogP contribution in [-0.4, -0.2) is 15.1 Å². The van der Waals surface area contributed by atoms with E-state index in [9.17, 15) is 0 Å². The Labute approximate surface area is 102 Å². The molecular formula is C10H16Br2N2. The number of hydrogen-bond acceptors (Lipinski definition) is 1. The van der Waals surface area contributed by atoms with Crippen molar-refractivity contribution >= 4 is 31.9 Å². The van der Waals surface area contributed by atoms with Crippen LogP contribution in [0.4, 0.5) is 0 Å². The molecule has 1 rings (SSSR count). The van der Waals surface area contributed by atoms with Crippen LogP contribution in [-0.2, 0) is 6.54 Å². The number of hydrogen-bond donors (Lipinski definition) is 0. The Morgan fingerprint density at radius 3 is 2.50 bits per heavy atom. The van der Waals surface area contributed by atoms with E-state index in [-0.39, 0.29) is 0 Å². The van der Waals surface area contributed by atoms with Crippen molar-refractivity contribution in [3.63, 3.8) is 0 Å². The summed E-state index contributed by atoms with van der Waals surface area (Å²) in [6.45, 7) is 7.74. The van der Waals surface area contributed by atoms with E-state index in [1.807, 2.05) is 17.1 Å². The van der Waals surface area contributed by atoms with Crippen LogP contribution in [0.1, 0.15) is 20.8 Å². The molecule has 1 aromatic rings. The van der Waals surface area contributed by atoms with E-state index in [1.54, 1.807) is 0 Å². The van der Waals surface area contributed by atoms with E-state index in [0.717, 1.165) is 16.3 Å². The van der Waals surface area contributed by atoms with E-state index < -0.39 is 0 Å². The maximum absolute atomic E-state index is 4.27. The molecule has 0 radical (unpaired) electrons. The molecule has 0 aromatic carbocycles. The SMILES string of the molecule is CC(C)(C)C(CBr)Cn1cc(Br)cn1. The Morgan fingerprint density at radius 1 is 1.50 bits per heavy atom. The standard InChI is InChI=1S/C10H16Br2N2/c1-10(2,3)8(4-11)6-14-7-9(12)5-13-14/h5,7-8H,4,6H2,1-3H3. The highest BCUT2D eigenvalue weighted by atomic mass is 79.9. The van der Waals surface area contributed by atoms with Crippen LogP contribution >= 0.6 is 31.9 Å². The zero-order valence-corrected chi connectivity index (χ0v) is 12.0. The van der Waals surface area contributed by atoms with E-state index in [1.165, 1.54) is 0 Å². The summed E-state index contributed by atoms with van der Waals surface area (Å²) < 4.78 is 3.03.